The molecule has 2 aromatic rings. The minimum Gasteiger partial charge on any atom is -0.462 e. The SMILES string of the molecule is CCOC(=O)c1ccc(NC(=O)CNS(=O)(=O)c2ccc(CC)cc2)cc1. The third kappa shape index (κ3) is 5.90. The van der Waals surface area contributed by atoms with Gasteiger partial charge in [0.2, 0.25) is 15.9 Å². The van der Waals surface area contributed by atoms with Gasteiger partial charge in [-0.15, -0.1) is 0 Å². The molecule has 27 heavy (non-hydrogen) atoms. The highest BCUT2D eigenvalue weighted by molar-refractivity contribution is 7.89. The molecule has 0 unspecified atom stereocenters. The predicted octanol–water partition coefficient (Wildman–Crippen LogP) is 2.34. The zero-order chi connectivity index (χ0) is 19.9. The van der Waals surface area contributed by atoms with Crippen molar-refractivity contribution >= 4 is 27.6 Å². The number of aryl methyl sites for hydroxylation is 1. The minimum absolute atomic E-state index is 0.103. The summed E-state index contributed by atoms with van der Waals surface area (Å²) in [6, 6.07) is 12.6. The van der Waals surface area contributed by atoms with Crippen LogP contribution in [-0.4, -0.2) is 33.4 Å². The summed E-state index contributed by atoms with van der Waals surface area (Å²) in [6.45, 7) is 3.56. The van der Waals surface area contributed by atoms with Crippen LogP contribution in [0.3, 0.4) is 0 Å². The zero-order valence-electron chi connectivity index (χ0n) is 15.2. The van der Waals surface area contributed by atoms with E-state index in [1.807, 2.05) is 6.92 Å². The molecule has 0 bridgehead atoms. The monoisotopic (exact) mass is 390 g/mol. The maximum absolute atomic E-state index is 12.2. The van der Waals surface area contributed by atoms with Gasteiger partial charge in [-0.1, -0.05) is 19.1 Å². The molecular formula is C19H22N2O5S. The summed E-state index contributed by atoms with van der Waals surface area (Å²) in [5, 5.41) is 2.56. The summed E-state index contributed by atoms with van der Waals surface area (Å²) in [7, 11) is -3.77. The van der Waals surface area contributed by atoms with Crippen LogP contribution in [0.4, 0.5) is 5.69 Å². The normalized spacial score (nSPS) is 11.0. The molecule has 0 aliphatic carbocycles. The highest BCUT2D eigenvalue weighted by Gasteiger charge is 2.15. The van der Waals surface area contributed by atoms with Crippen LogP contribution in [0.1, 0.15) is 29.8 Å². The molecule has 2 rings (SSSR count). The number of nitrogens with one attached hydrogen (secondary N) is 2. The zero-order valence-corrected chi connectivity index (χ0v) is 16.0. The molecule has 0 saturated carbocycles. The molecule has 0 heterocycles. The summed E-state index contributed by atoms with van der Waals surface area (Å²) in [6.07, 6.45) is 0.811. The number of carbonyl (C=O) groups is 2. The maximum Gasteiger partial charge on any atom is 0.338 e. The number of esters is 1. The van der Waals surface area contributed by atoms with E-state index in [1.165, 1.54) is 24.3 Å². The molecular weight excluding hydrogens is 368 g/mol. The third-order valence-corrected chi connectivity index (χ3v) is 5.16. The predicted molar refractivity (Wildman–Crippen MR) is 102 cm³/mol. The number of rotatable bonds is 8. The van der Waals surface area contributed by atoms with E-state index in [1.54, 1.807) is 31.2 Å². The Kier molecular flexibility index (Phi) is 7.09. The van der Waals surface area contributed by atoms with E-state index < -0.39 is 28.4 Å². The molecule has 8 heteroatoms. The van der Waals surface area contributed by atoms with E-state index in [0.717, 1.165) is 12.0 Å². The van der Waals surface area contributed by atoms with Gasteiger partial charge in [0.05, 0.1) is 23.6 Å². The highest BCUT2D eigenvalue weighted by atomic mass is 32.2. The first-order valence-electron chi connectivity index (χ1n) is 8.51. The molecule has 0 aromatic heterocycles. The second kappa shape index (κ2) is 9.29. The Morgan fingerprint density at radius 2 is 1.59 bits per heavy atom. The second-order valence-corrected chi connectivity index (χ2v) is 7.44. The van der Waals surface area contributed by atoms with Gasteiger partial charge in [-0.05, 0) is 55.3 Å². The van der Waals surface area contributed by atoms with Crippen molar-refractivity contribution in [1.82, 2.24) is 4.72 Å². The lowest BCUT2D eigenvalue weighted by atomic mass is 10.2. The van der Waals surface area contributed by atoms with Crippen molar-refractivity contribution in [2.75, 3.05) is 18.5 Å². The fraction of sp³-hybridized carbons (Fsp3) is 0.263. The Labute approximate surface area is 158 Å². The molecule has 1 amide bonds. The van der Waals surface area contributed by atoms with Gasteiger partial charge in [-0.25, -0.2) is 17.9 Å². The van der Waals surface area contributed by atoms with Gasteiger partial charge >= 0.3 is 5.97 Å². The summed E-state index contributed by atoms with van der Waals surface area (Å²) >= 11 is 0. The van der Waals surface area contributed by atoms with Crippen LogP contribution < -0.4 is 10.0 Å². The Morgan fingerprint density at radius 1 is 0.963 bits per heavy atom. The smallest absolute Gasteiger partial charge is 0.338 e. The summed E-state index contributed by atoms with van der Waals surface area (Å²) in [5.74, 6) is -0.968. The van der Waals surface area contributed by atoms with E-state index in [9.17, 15) is 18.0 Å². The maximum atomic E-state index is 12.2. The average molecular weight is 390 g/mol. The van der Waals surface area contributed by atoms with Gasteiger partial charge in [0.25, 0.3) is 0 Å². The number of amides is 1. The van der Waals surface area contributed by atoms with Crippen LogP contribution in [0.15, 0.2) is 53.4 Å². The number of anilines is 1. The minimum atomic E-state index is -3.77. The molecule has 2 aromatic carbocycles. The second-order valence-electron chi connectivity index (χ2n) is 5.67. The van der Waals surface area contributed by atoms with E-state index in [-0.39, 0.29) is 11.5 Å². The first-order chi connectivity index (χ1) is 12.9. The lowest BCUT2D eigenvalue weighted by Gasteiger charge is -2.09. The van der Waals surface area contributed by atoms with Crippen LogP contribution in [-0.2, 0) is 26.0 Å². The Balaban J connectivity index is 1.92. The first-order valence-corrected chi connectivity index (χ1v) is 9.99. The van der Waals surface area contributed by atoms with E-state index in [4.69, 9.17) is 4.74 Å². The number of sulfonamides is 1. The van der Waals surface area contributed by atoms with Gasteiger partial charge in [-0.3, -0.25) is 4.79 Å². The van der Waals surface area contributed by atoms with E-state index >= 15 is 0 Å². The number of ether oxygens (including phenoxy) is 1. The Hall–Kier alpha value is -2.71. The van der Waals surface area contributed by atoms with Crippen molar-refractivity contribution in [3.8, 4) is 0 Å². The molecule has 0 atom stereocenters. The molecule has 0 fully saturated rings. The van der Waals surface area contributed by atoms with Crippen molar-refractivity contribution in [1.29, 1.82) is 0 Å². The molecule has 7 nitrogen and oxygen atoms in total. The van der Waals surface area contributed by atoms with Crippen molar-refractivity contribution in [3.63, 3.8) is 0 Å². The molecule has 0 aliphatic heterocycles. The number of hydrogen-bond donors (Lipinski definition) is 2. The fourth-order valence-electron chi connectivity index (χ4n) is 2.26. The van der Waals surface area contributed by atoms with Crippen molar-refractivity contribution in [3.05, 3.63) is 59.7 Å². The lowest BCUT2D eigenvalue weighted by Crippen LogP contribution is -2.32. The van der Waals surface area contributed by atoms with Crippen molar-refractivity contribution in [2.45, 2.75) is 25.2 Å². The topological polar surface area (TPSA) is 102 Å². The van der Waals surface area contributed by atoms with Gasteiger partial charge in [0.15, 0.2) is 0 Å². The van der Waals surface area contributed by atoms with Crippen LogP contribution in [0.25, 0.3) is 0 Å². The van der Waals surface area contributed by atoms with Gasteiger partial charge < -0.3 is 10.1 Å². The molecule has 144 valence electrons. The molecule has 0 radical (unpaired) electrons. The molecule has 2 N–H and O–H groups in total. The summed E-state index contributed by atoms with van der Waals surface area (Å²) < 4.78 is 31.6. The Bertz CT molecular complexity index is 891. The van der Waals surface area contributed by atoms with Crippen molar-refractivity contribution in [2.24, 2.45) is 0 Å². The summed E-state index contributed by atoms with van der Waals surface area (Å²) in [5.41, 5.74) is 1.84. The third-order valence-electron chi connectivity index (χ3n) is 3.74. The number of carbonyl (C=O) groups excluding carboxylic acids is 2. The van der Waals surface area contributed by atoms with Gasteiger partial charge in [0.1, 0.15) is 0 Å². The van der Waals surface area contributed by atoms with Crippen LogP contribution in [0.2, 0.25) is 0 Å². The standard InChI is InChI=1S/C19H22N2O5S/c1-3-14-5-11-17(12-6-14)27(24,25)20-13-18(22)21-16-9-7-15(8-10-16)19(23)26-4-2/h5-12,20H,3-4,13H2,1-2H3,(H,21,22). The summed E-state index contributed by atoms with van der Waals surface area (Å²) in [4.78, 5) is 23.7. The average Bonchev–Trinajstić information content (AvgIpc) is 2.67. The number of hydrogen-bond acceptors (Lipinski definition) is 5. The molecule has 0 aliphatic rings. The van der Waals surface area contributed by atoms with Gasteiger partial charge in [-0.2, -0.15) is 0 Å². The quantitative estimate of drug-likeness (QED) is 0.674. The van der Waals surface area contributed by atoms with E-state index in [0.29, 0.717) is 11.3 Å². The molecule has 0 saturated heterocycles. The first kappa shape index (κ1) is 20.6. The van der Waals surface area contributed by atoms with Crippen LogP contribution in [0.5, 0.6) is 0 Å². The fourth-order valence-corrected chi connectivity index (χ4v) is 3.24. The molecule has 0 spiro atoms. The van der Waals surface area contributed by atoms with Crippen LogP contribution >= 0.6 is 0 Å². The van der Waals surface area contributed by atoms with E-state index in [2.05, 4.69) is 10.0 Å². The number of benzene rings is 2. The van der Waals surface area contributed by atoms with Crippen molar-refractivity contribution < 1.29 is 22.7 Å². The Morgan fingerprint density at radius 3 is 2.15 bits per heavy atom. The van der Waals surface area contributed by atoms with Crippen LogP contribution in [0, 0.1) is 0 Å². The van der Waals surface area contributed by atoms with Gasteiger partial charge in [0, 0.05) is 5.69 Å². The lowest BCUT2D eigenvalue weighted by molar-refractivity contribution is -0.115. The largest absolute Gasteiger partial charge is 0.462 e. The highest BCUT2D eigenvalue weighted by Crippen LogP contribution is 2.12.